The Hall–Kier alpha value is -1.89. The number of benzene rings is 1. The first-order chi connectivity index (χ1) is 10.8. The first kappa shape index (κ1) is 20.2. The highest BCUT2D eigenvalue weighted by Gasteiger charge is 2.20. The largest absolute Gasteiger partial charge is 0.437 e. The number of hydrogen-bond acceptors (Lipinski definition) is 5. The molecule has 24 heavy (non-hydrogen) atoms. The summed E-state index contributed by atoms with van der Waals surface area (Å²) in [5, 5.41) is 13.6. The molecule has 1 aromatic heterocycles. The molecule has 0 atom stereocenters. The average molecular weight is 371 g/mol. The van der Waals surface area contributed by atoms with Crippen LogP contribution < -0.4 is 15.4 Å². The first-order valence-corrected chi connectivity index (χ1v) is 7.36. The number of ether oxygens (including phenoxy) is 1. The molecule has 1 fully saturated rings. The van der Waals surface area contributed by atoms with E-state index >= 15 is 0 Å². The van der Waals surface area contributed by atoms with Gasteiger partial charge in [-0.15, -0.1) is 29.9 Å². The lowest BCUT2D eigenvalue weighted by Crippen LogP contribution is -2.29. The second kappa shape index (κ2) is 10.1. The minimum atomic E-state index is -0.0581. The van der Waals surface area contributed by atoms with Crippen LogP contribution in [0.1, 0.15) is 12.8 Å². The van der Waals surface area contributed by atoms with Crippen molar-refractivity contribution in [2.75, 3.05) is 18.4 Å². The monoisotopic (exact) mass is 370 g/mol. The van der Waals surface area contributed by atoms with E-state index in [1.165, 1.54) is 12.8 Å². The number of hydrogen-bond donors (Lipinski definition) is 2. The van der Waals surface area contributed by atoms with E-state index in [1.54, 1.807) is 30.5 Å². The van der Waals surface area contributed by atoms with Crippen molar-refractivity contribution in [1.29, 1.82) is 0 Å². The van der Waals surface area contributed by atoms with Crippen molar-refractivity contribution in [1.82, 2.24) is 15.5 Å². The van der Waals surface area contributed by atoms with Crippen LogP contribution in [0.3, 0.4) is 0 Å². The fourth-order valence-corrected chi connectivity index (χ4v) is 2.02. The SMILES string of the molecule is Cl.Cl.O=C(CNCC1CC1)Nc1cccc(Oc2cccnn2)c1. The molecule has 2 N–H and O–H groups in total. The molecule has 1 amide bonds. The first-order valence-electron chi connectivity index (χ1n) is 7.36. The third kappa shape index (κ3) is 6.70. The van der Waals surface area contributed by atoms with E-state index in [0.717, 1.165) is 12.5 Å². The van der Waals surface area contributed by atoms with Gasteiger partial charge < -0.3 is 15.4 Å². The summed E-state index contributed by atoms with van der Waals surface area (Å²) < 4.78 is 5.58. The molecule has 1 saturated carbocycles. The summed E-state index contributed by atoms with van der Waals surface area (Å²) in [4.78, 5) is 11.8. The molecule has 6 nitrogen and oxygen atoms in total. The van der Waals surface area contributed by atoms with Crippen LogP contribution >= 0.6 is 24.8 Å². The molecule has 3 rings (SSSR count). The number of aromatic nitrogens is 2. The predicted molar refractivity (Wildman–Crippen MR) is 97.3 cm³/mol. The Morgan fingerprint density at radius 1 is 1.21 bits per heavy atom. The van der Waals surface area contributed by atoms with Gasteiger partial charge in [0.25, 0.3) is 0 Å². The van der Waals surface area contributed by atoms with Crippen molar-refractivity contribution < 1.29 is 9.53 Å². The molecule has 0 spiro atoms. The van der Waals surface area contributed by atoms with Gasteiger partial charge in [-0.05, 0) is 43.5 Å². The summed E-state index contributed by atoms with van der Waals surface area (Å²) in [5.74, 6) is 1.72. The van der Waals surface area contributed by atoms with Crippen LogP contribution in [-0.4, -0.2) is 29.2 Å². The van der Waals surface area contributed by atoms with Crippen molar-refractivity contribution in [2.24, 2.45) is 5.92 Å². The van der Waals surface area contributed by atoms with Gasteiger partial charge in [-0.2, -0.15) is 5.10 Å². The molecule has 1 heterocycles. The molecular formula is C16H20Cl2N4O2. The van der Waals surface area contributed by atoms with Crippen molar-refractivity contribution in [3.05, 3.63) is 42.6 Å². The highest BCUT2D eigenvalue weighted by Crippen LogP contribution is 2.27. The number of rotatable bonds is 7. The number of anilines is 1. The Kier molecular flexibility index (Phi) is 8.46. The Morgan fingerprint density at radius 2 is 2.04 bits per heavy atom. The number of halogens is 2. The van der Waals surface area contributed by atoms with Crippen molar-refractivity contribution in [3.63, 3.8) is 0 Å². The summed E-state index contributed by atoms with van der Waals surface area (Å²) in [6, 6.07) is 10.7. The van der Waals surface area contributed by atoms with E-state index in [9.17, 15) is 4.79 Å². The highest BCUT2D eigenvalue weighted by atomic mass is 35.5. The van der Waals surface area contributed by atoms with Crippen molar-refractivity contribution >= 4 is 36.4 Å². The fraction of sp³-hybridized carbons (Fsp3) is 0.312. The van der Waals surface area contributed by atoms with Crippen LogP contribution in [0.2, 0.25) is 0 Å². The maximum absolute atomic E-state index is 11.8. The van der Waals surface area contributed by atoms with Crippen LogP contribution in [-0.2, 0) is 4.79 Å². The number of amides is 1. The van der Waals surface area contributed by atoms with Gasteiger partial charge in [-0.3, -0.25) is 4.79 Å². The summed E-state index contributed by atoms with van der Waals surface area (Å²) in [6.45, 7) is 1.25. The van der Waals surface area contributed by atoms with Gasteiger partial charge in [-0.1, -0.05) is 6.07 Å². The van der Waals surface area contributed by atoms with E-state index in [-0.39, 0.29) is 30.7 Å². The van der Waals surface area contributed by atoms with Gasteiger partial charge in [0, 0.05) is 24.0 Å². The highest BCUT2D eigenvalue weighted by molar-refractivity contribution is 5.92. The summed E-state index contributed by atoms with van der Waals surface area (Å²) in [7, 11) is 0. The maximum Gasteiger partial charge on any atom is 0.238 e. The van der Waals surface area contributed by atoms with Crippen LogP contribution in [0.25, 0.3) is 0 Å². The van der Waals surface area contributed by atoms with Gasteiger partial charge in [0.15, 0.2) is 0 Å². The van der Waals surface area contributed by atoms with E-state index < -0.39 is 0 Å². The standard InChI is InChI=1S/C16H18N4O2.2ClH/c21-15(11-17-10-12-6-7-12)19-13-3-1-4-14(9-13)22-16-5-2-8-18-20-16;;/h1-5,8-9,12,17H,6-7,10-11H2,(H,19,21);2*1H. The molecule has 8 heteroatoms. The summed E-state index contributed by atoms with van der Waals surface area (Å²) >= 11 is 0. The van der Waals surface area contributed by atoms with E-state index in [0.29, 0.717) is 23.9 Å². The minimum absolute atomic E-state index is 0. The van der Waals surface area contributed by atoms with E-state index in [1.807, 2.05) is 12.1 Å². The number of carbonyl (C=O) groups is 1. The fourth-order valence-electron chi connectivity index (χ4n) is 2.02. The lowest BCUT2D eigenvalue weighted by Gasteiger charge is -2.08. The summed E-state index contributed by atoms with van der Waals surface area (Å²) in [6.07, 6.45) is 4.13. The summed E-state index contributed by atoms with van der Waals surface area (Å²) in [5.41, 5.74) is 0.694. The zero-order valence-electron chi connectivity index (χ0n) is 13.0. The number of carbonyl (C=O) groups excluding carboxylic acids is 1. The smallest absolute Gasteiger partial charge is 0.238 e. The lowest BCUT2D eigenvalue weighted by atomic mass is 10.3. The van der Waals surface area contributed by atoms with Crippen LogP contribution in [0, 0.1) is 5.92 Å². The van der Waals surface area contributed by atoms with Gasteiger partial charge >= 0.3 is 0 Å². The van der Waals surface area contributed by atoms with Crippen molar-refractivity contribution in [3.8, 4) is 11.6 Å². The van der Waals surface area contributed by atoms with E-state index in [2.05, 4.69) is 20.8 Å². The van der Waals surface area contributed by atoms with Crippen LogP contribution in [0.5, 0.6) is 11.6 Å². The quantitative estimate of drug-likeness (QED) is 0.783. The van der Waals surface area contributed by atoms with Gasteiger partial charge in [0.1, 0.15) is 5.75 Å². The molecule has 0 aliphatic heterocycles. The minimum Gasteiger partial charge on any atom is -0.437 e. The predicted octanol–water partition coefficient (Wildman–Crippen LogP) is 3.05. The van der Waals surface area contributed by atoms with Gasteiger partial charge in [0.2, 0.25) is 11.8 Å². The maximum atomic E-state index is 11.8. The molecule has 0 unspecified atom stereocenters. The Bertz CT molecular complexity index is 639. The van der Waals surface area contributed by atoms with E-state index in [4.69, 9.17) is 4.74 Å². The normalized spacial score (nSPS) is 12.5. The zero-order chi connectivity index (χ0) is 15.2. The lowest BCUT2D eigenvalue weighted by molar-refractivity contribution is -0.115. The molecule has 130 valence electrons. The van der Waals surface area contributed by atoms with Crippen LogP contribution in [0.15, 0.2) is 42.6 Å². The molecule has 1 aliphatic carbocycles. The van der Waals surface area contributed by atoms with Gasteiger partial charge in [0.05, 0.1) is 6.54 Å². The topological polar surface area (TPSA) is 76.1 Å². The molecule has 0 bridgehead atoms. The van der Waals surface area contributed by atoms with Crippen molar-refractivity contribution in [2.45, 2.75) is 12.8 Å². The molecule has 0 saturated heterocycles. The number of nitrogens with one attached hydrogen (secondary N) is 2. The molecular weight excluding hydrogens is 351 g/mol. The second-order valence-electron chi connectivity index (χ2n) is 5.31. The molecule has 1 aromatic carbocycles. The van der Waals surface area contributed by atoms with Gasteiger partial charge in [-0.25, -0.2) is 0 Å². The third-order valence-corrected chi connectivity index (χ3v) is 3.30. The second-order valence-corrected chi connectivity index (χ2v) is 5.31. The molecule has 0 radical (unpaired) electrons. The third-order valence-electron chi connectivity index (χ3n) is 3.30. The number of nitrogens with zero attached hydrogens (tertiary/aromatic N) is 2. The van der Waals surface area contributed by atoms with Crippen LogP contribution in [0.4, 0.5) is 5.69 Å². The Morgan fingerprint density at radius 3 is 2.75 bits per heavy atom. The Balaban J connectivity index is 0.00000144. The Labute approximate surface area is 153 Å². The molecule has 2 aromatic rings. The average Bonchev–Trinajstić information content (AvgIpc) is 3.33. The zero-order valence-corrected chi connectivity index (χ0v) is 14.6. The molecule has 1 aliphatic rings.